The number of fused-ring (bicyclic) bond motifs is 9. The predicted molar refractivity (Wildman–Crippen MR) is 143 cm³/mol. The molecule has 6 rings (SSSR count). The van der Waals surface area contributed by atoms with E-state index in [1.165, 1.54) is 22.3 Å². The Kier molecular flexibility index (Phi) is 5.48. The van der Waals surface area contributed by atoms with Gasteiger partial charge in [-0.05, 0) is 67.2 Å². The molecule has 0 saturated heterocycles. The zero-order chi connectivity index (χ0) is 24.8. The Hall–Kier alpha value is -4.13. The summed E-state index contributed by atoms with van der Waals surface area (Å²) in [5.74, 6) is 0. The molecule has 36 heavy (non-hydrogen) atoms. The first-order valence-electron chi connectivity index (χ1n) is 12.3. The van der Waals surface area contributed by atoms with Gasteiger partial charge in [0.1, 0.15) is 0 Å². The molecular formula is C29H29N7. The van der Waals surface area contributed by atoms with Gasteiger partial charge in [-0.2, -0.15) is 0 Å². The van der Waals surface area contributed by atoms with Gasteiger partial charge < -0.3 is 29.6 Å². The molecule has 2 aromatic rings. The summed E-state index contributed by atoms with van der Waals surface area (Å²) in [5, 5.41) is 4.15. The lowest BCUT2D eigenvalue weighted by molar-refractivity contribution is 0.512. The Balaban J connectivity index is 1.51. The molecule has 0 spiro atoms. The largest absolute Gasteiger partial charge is 0.354 e. The van der Waals surface area contributed by atoms with E-state index in [1.807, 2.05) is 63.0 Å². The van der Waals surface area contributed by atoms with E-state index >= 15 is 0 Å². The van der Waals surface area contributed by atoms with Crippen LogP contribution in [0.3, 0.4) is 0 Å². The molecule has 10 bridgehead atoms. The second kappa shape index (κ2) is 8.82. The van der Waals surface area contributed by atoms with Gasteiger partial charge in [-0.15, -0.1) is 0 Å². The highest BCUT2D eigenvalue weighted by atomic mass is 15.3. The van der Waals surface area contributed by atoms with Gasteiger partial charge in [0.15, 0.2) is 0 Å². The molecule has 4 radical (unpaired) electrons. The Bertz CT molecular complexity index is 1610. The van der Waals surface area contributed by atoms with E-state index in [0.717, 1.165) is 45.6 Å². The van der Waals surface area contributed by atoms with Gasteiger partial charge in [-0.3, -0.25) is 0 Å². The zero-order valence-electron chi connectivity index (χ0n) is 21.0. The number of nitrogens with one attached hydrogen (secondary N) is 2. The molecular weight excluding hydrogens is 446 g/mol. The van der Waals surface area contributed by atoms with Gasteiger partial charge >= 0.3 is 0 Å². The first-order valence-corrected chi connectivity index (χ1v) is 12.3. The van der Waals surface area contributed by atoms with Gasteiger partial charge in [0.05, 0.1) is 27.5 Å². The number of hydrogen-bond donors (Lipinski definition) is 2. The number of aromatic amines is 2. The minimum atomic E-state index is 0.917. The van der Waals surface area contributed by atoms with E-state index in [2.05, 4.69) is 75.4 Å². The predicted octanol–water partition coefficient (Wildman–Crippen LogP) is 2.11. The molecule has 0 unspecified atom stereocenters. The molecule has 0 amide bonds. The molecule has 4 aliphatic rings. The van der Waals surface area contributed by atoms with Gasteiger partial charge in [0.25, 0.3) is 0 Å². The highest BCUT2D eigenvalue weighted by Gasteiger charge is 2.21. The number of rotatable bonds is 2. The number of aliphatic imine (C=N–C) groups is 1. The average molecular weight is 476 g/mol. The third kappa shape index (κ3) is 4.00. The fourth-order valence-corrected chi connectivity index (χ4v) is 4.97. The van der Waals surface area contributed by atoms with Crippen molar-refractivity contribution in [2.45, 2.75) is 40.5 Å². The number of nitrogens with zero attached hydrogens (tertiary/aromatic N) is 5. The first kappa shape index (κ1) is 22.3. The first-order chi connectivity index (χ1) is 17.5. The lowest BCUT2D eigenvalue weighted by Crippen LogP contribution is -2.20. The van der Waals surface area contributed by atoms with E-state index in [1.54, 1.807) is 0 Å². The molecule has 2 aromatic heterocycles. The standard InChI is InChI=1S/C29H29N7/c1-5-24-20(3)26-13-27-21(4)25(6-2)29(32-27)17-36-12-10-34(19-36)15-23-8-7-22(30-23)14-33-9-11-35(18-33)16-28(24)31-26/h7-17,30-31H,5-6H2,1-4H3/b22-14-,23-15-,26-13-,28-16-,29-17-. The summed E-state index contributed by atoms with van der Waals surface area (Å²) in [7, 11) is 0. The molecule has 0 saturated carbocycles. The van der Waals surface area contributed by atoms with Crippen molar-refractivity contribution >= 4 is 30.4 Å². The number of H-pyrrole nitrogens is 2. The van der Waals surface area contributed by atoms with Crippen LogP contribution in [0.2, 0.25) is 0 Å². The molecule has 2 N–H and O–H groups in total. The number of allylic oxidation sites excluding steroid dienone is 2. The minimum Gasteiger partial charge on any atom is -0.354 e. The lowest BCUT2D eigenvalue weighted by atomic mass is 10.0. The SMILES string of the molecule is CCC1=C(C)C2=NC/1=C\N1[C]N(C=C1)/C=c1/cc/c([nH]1)=C/N1[C]N(C=C1)/C=c1\[nH]/c(c(C)c1CC)=C\2. The van der Waals surface area contributed by atoms with Crippen LogP contribution in [-0.4, -0.2) is 35.3 Å². The summed E-state index contributed by atoms with van der Waals surface area (Å²) in [4.78, 5) is 19.8. The van der Waals surface area contributed by atoms with Crippen LogP contribution in [0.15, 0.2) is 65.0 Å². The van der Waals surface area contributed by atoms with Crippen molar-refractivity contribution in [3.05, 3.63) is 106 Å². The average Bonchev–Trinajstić information content (AvgIpc) is 3.67. The highest BCUT2D eigenvalue weighted by Crippen LogP contribution is 2.30. The van der Waals surface area contributed by atoms with E-state index < -0.39 is 0 Å². The van der Waals surface area contributed by atoms with Crippen molar-refractivity contribution in [1.82, 2.24) is 29.6 Å². The van der Waals surface area contributed by atoms with Crippen LogP contribution < -0.4 is 21.4 Å². The van der Waals surface area contributed by atoms with Gasteiger partial charge in [-0.25, -0.2) is 4.99 Å². The monoisotopic (exact) mass is 475 g/mol. The number of hydrogen-bond acceptors (Lipinski definition) is 5. The Morgan fingerprint density at radius 1 is 0.750 bits per heavy atom. The van der Waals surface area contributed by atoms with Crippen LogP contribution in [0.5, 0.6) is 0 Å². The summed E-state index contributed by atoms with van der Waals surface area (Å²) >= 11 is 0. The summed E-state index contributed by atoms with van der Waals surface area (Å²) in [6, 6.07) is 4.10. The molecule has 6 heterocycles. The zero-order valence-corrected chi connectivity index (χ0v) is 21.0. The number of aromatic nitrogens is 2. The van der Waals surface area contributed by atoms with Gasteiger partial charge in [0.2, 0.25) is 13.3 Å². The molecule has 0 atom stereocenters. The maximum Gasteiger partial charge on any atom is 0.216 e. The Morgan fingerprint density at radius 3 is 1.97 bits per heavy atom. The maximum atomic E-state index is 5.03. The van der Waals surface area contributed by atoms with E-state index in [4.69, 9.17) is 4.99 Å². The third-order valence-electron chi connectivity index (χ3n) is 6.88. The fourth-order valence-electron chi connectivity index (χ4n) is 4.97. The van der Waals surface area contributed by atoms with Crippen LogP contribution in [0.1, 0.15) is 38.3 Å². The highest BCUT2D eigenvalue weighted by molar-refractivity contribution is 6.23. The summed E-state index contributed by atoms with van der Waals surface area (Å²) in [6.07, 6.45) is 20.2. The van der Waals surface area contributed by atoms with E-state index in [0.29, 0.717) is 0 Å². The van der Waals surface area contributed by atoms with Crippen molar-refractivity contribution in [1.29, 1.82) is 0 Å². The minimum absolute atomic E-state index is 0.917. The van der Waals surface area contributed by atoms with Crippen LogP contribution in [0, 0.1) is 20.3 Å². The van der Waals surface area contributed by atoms with E-state index in [-0.39, 0.29) is 0 Å². The molecule has 180 valence electrons. The summed E-state index contributed by atoms with van der Waals surface area (Å²) in [5.41, 5.74) is 7.00. The molecule has 7 heteroatoms. The molecule has 0 aromatic carbocycles. The van der Waals surface area contributed by atoms with E-state index in [9.17, 15) is 0 Å². The quantitative estimate of drug-likeness (QED) is 0.699. The Labute approximate surface area is 211 Å². The second-order valence-corrected chi connectivity index (χ2v) is 9.20. The Morgan fingerprint density at radius 2 is 1.36 bits per heavy atom. The molecule has 0 fully saturated rings. The van der Waals surface area contributed by atoms with Crippen molar-refractivity contribution in [3.8, 4) is 0 Å². The van der Waals surface area contributed by atoms with Crippen LogP contribution in [0.4, 0.5) is 0 Å². The maximum absolute atomic E-state index is 5.03. The second-order valence-electron chi connectivity index (χ2n) is 9.20. The molecule has 0 aliphatic carbocycles. The van der Waals surface area contributed by atoms with Crippen molar-refractivity contribution < 1.29 is 0 Å². The van der Waals surface area contributed by atoms with Crippen molar-refractivity contribution in [2.24, 2.45) is 4.99 Å². The normalized spacial score (nSPS) is 23.9. The van der Waals surface area contributed by atoms with Gasteiger partial charge in [-0.1, -0.05) is 13.8 Å². The smallest absolute Gasteiger partial charge is 0.216 e. The van der Waals surface area contributed by atoms with Crippen LogP contribution in [0.25, 0.3) is 24.7 Å². The summed E-state index contributed by atoms with van der Waals surface area (Å²) < 4.78 is 0. The lowest BCUT2D eigenvalue weighted by Gasteiger charge is -2.13. The third-order valence-corrected chi connectivity index (χ3v) is 6.88. The van der Waals surface area contributed by atoms with Crippen molar-refractivity contribution in [2.75, 3.05) is 0 Å². The van der Waals surface area contributed by atoms with Crippen molar-refractivity contribution in [3.63, 3.8) is 0 Å². The van der Waals surface area contributed by atoms with Crippen LogP contribution >= 0.6 is 0 Å². The van der Waals surface area contributed by atoms with Gasteiger partial charge in [0, 0.05) is 54.9 Å². The fraction of sp³-hybridized carbons (Fsp3) is 0.207. The molecule has 7 nitrogen and oxygen atoms in total. The summed E-state index contributed by atoms with van der Waals surface area (Å²) in [6.45, 7) is 15.4. The van der Waals surface area contributed by atoms with Crippen LogP contribution in [-0.2, 0) is 6.42 Å². The topological polar surface area (TPSA) is 56.9 Å². The molecule has 4 aliphatic heterocycles.